The van der Waals surface area contributed by atoms with Crippen LogP contribution in [-0.2, 0) is 0 Å². The summed E-state index contributed by atoms with van der Waals surface area (Å²) in [4.78, 5) is 11.2. The maximum Gasteiger partial charge on any atom is 0.271 e. The van der Waals surface area contributed by atoms with Crippen molar-refractivity contribution >= 4 is 33.4 Å². The van der Waals surface area contributed by atoms with Crippen LogP contribution in [0.2, 0.25) is 5.02 Å². The Bertz CT molecular complexity index is 658. The highest BCUT2D eigenvalue weighted by Crippen LogP contribution is 2.45. The molecule has 0 saturated heterocycles. The Hall–Kier alpha value is -1.80. The Morgan fingerprint density at radius 1 is 1.58 bits per heavy atom. The molecule has 2 aromatic rings. The number of ether oxygens (including phenoxy) is 1. The van der Waals surface area contributed by atoms with E-state index in [0.29, 0.717) is 10.0 Å². The maximum atomic E-state index is 11.2. The largest absolute Gasteiger partial charge is 0.503 e. The summed E-state index contributed by atoms with van der Waals surface area (Å²) in [5.41, 5.74) is 5.78. The second kappa shape index (κ2) is 5.06. The number of aromatic amines is 1. The van der Waals surface area contributed by atoms with Gasteiger partial charge in [-0.3, -0.25) is 4.79 Å². The number of methoxy groups -OCH3 is 1. The first kappa shape index (κ1) is 13.6. The van der Waals surface area contributed by atoms with Crippen molar-refractivity contribution in [3.05, 3.63) is 21.3 Å². The molecular weight excluding hydrogens is 339 g/mol. The number of carbonyl (C=O) groups excluding carboxylic acids is 1. The van der Waals surface area contributed by atoms with Crippen molar-refractivity contribution in [2.75, 3.05) is 7.11 Å². The number of primary amides is 1. The highest BCUT2D eigenvalue weighted by Gasteiger charge is 2.22. The fourth-order valence-corrected chi connectivity index (χ4v) is 2.20. The zero-order valence-corrected chi connectivity index (χ0v) is 11.9. The van der Waals surface area contributed by atoms with Crippen LogP contribution >= 0.6 is 27.5 Å². The Labute approximate surface area is 120 Å². The lowest BCUT2D eigenvalue weighted by molar-refractivity contribution is 0.0996. The van der Waals surface area contributed by atoms with Crippen LogP contribution in [0.5, 0.6) is 11.5 Å². The van der Waals surface area contributed by atoms with Crippen LogP contribution in [0.4, 0.5) is 0 Å². The highest BCUT2D eigenvalue weighted by molar-refractivity contribution is 9.10. The third-order valence-electron chi connectivity index (χ3n) is 2.40. The minimum absolute atomic E-state index is 0.0350. The van der Waals surface area contributed by atoms with Crippen LogP contribution in [0.1, 0.15) is 10.5 Å². The van der Waals surface area contributed by atoms with Crippen molar-refractivity contribution in [3.63, 3.8) is 0 Å². The van der Waals surface area contributed by atoms with E-state index in [1.165, 1.54) is 13.2 Å². The quantitative estimate of drug-likeness (QED) is 0.782. The van der Waals surface area contributed by atoms with Gasteiger partial charge in [-0.05, 0) is 22.0 Å². The first-order chi connectivity index (χ1) is 8.97. The van der Waals surface area contributed by atoms with Crippen molar-refractivity contribution in [1.29, 1.82) is 0 Å². The van der Waals surface area contributed by atoms with Crippen LogP contribution < -0.4 is 10.5 Å². The topological polar surface area (TPSA) is 114 Å². The van der Waals surface area contributed by atoms with Gasteiger partial charge in [0.1, 0.15) is 10.7 Å². The average Bonchev–Trinajstić information content (AvgIpc) is 2.85. The third-order valence-corrected chi connectivity index (χ3v) is 3.82. The number of benzene rings is 1. The molecule has 100 valence electrons. The van der Waals surface area contributed by atoms with Gasteiger partial charge in [0.05, 0.1) is 7.11 Å². The van der Waals surface area contributed by atoms with Crippen LogP contribution in [0.3, 0.4) is 0 Å². The molecule has 1 aromatic carbocycles. The molecule has 1 amide bonds. The van der Waals surface area contributed by atoms with Crippen LogP contribution in [0, 0.1) is 0 Å². The fraction of sp³-hybridized carbons (Fsp3) is 0.100. The monoisotopic (exact) mass is 346 g/mol. The number of H-pyrrole nitrogens is 1. The number of phenolic OH excluding ortho intramolecular Hbond substituents is 1. The predicted octanol–water partition coefficient (Wildman–Crippen LogP) is 1.70. The van der Waals surface area contributed by atoms with Crippen molar-refractivity contribution in [3.8, 4) is 22.8 Å². The summed E-state index contributed by atoms with van der Waals surface area (Å²) in [5, 5.41) is 19.6. The lowest BCUT2D eigenvalue weighted by Crippen LogP contribution is -2.12. The molecule has 0 fully saturated rings. The Balaban J connectivity index is 2.72. The van der Waals surface area contributed by atoms with Gasteiger partial charge in [0.2, 0.25) is 0 Å². The van der Waals surface area contributed by atoms with E-state index < -0.39 is 5.91 Å². The number of rotatable bonds is 3. The van der Waals surface area contributed by atoms with E-state index in [4.69, 9.17) is 22.1 Å². The van der Waals surface area contributed by atoms with Gasteiger partial charge in [-0.15, -0.1) is 0 Å². The molecule has 0 saturated carbocycles. The van der Waals surface area contributed by atoms with Crippen molar-refractivity contribution in [1.82, 2.24) is 15.4 Å². The number of amides is 1. The minimum Gasteiger partial charge on any atom is -0.503 e. The first-order valence-electron chi connectivity index (χ1n) is 4.93. The minimum atomic E-state index is -0.737. The molecule has 7 nitrogen and oxygen atoms in total. The van der Waals surface area contributed by atoms with Gasteiger partial charge in [-0.25, -0.2) is 0 Å². The Morgan fingerprint density at radius 2 is 2.26 bits per heavy atom. The van der Waals surface area contributed by atoms with Crippen molar-refractivity contribution in [2.24, 2.45) is 5.73 Å². The van der Waals surface area contributed by atoms with Gasteiger partial charge >= 0.3 is 0 Å². The van der Waals surface area contributed by atoms with Gasteiger partial charge in [0.25, 0.3) is 5.91 Å². The number of hydrogen-bond acceptors (Lipinski definition) is 5. The number of aromatic nitrogens is 3. The van der Waals surface area contributed by atoms with Crippen molar-refractivity contribution < 1.29 is 14.6 Å². The normalized spacial score (nSPS) is 10.5. The summed E-state index contributed by atoms with van der Waals surface area (Å²) in [5.74, 6) is -0.815. The number of nitrogens with one attached hydrogen (secondary N) is 1. The van der Waals surface area contributed by atoms with Gasteiger partial charge < -0.3 is 15.6 Å². The van der Waals surface area contributed by atoms with Crippen molar-refractivity contribution in [2.45, 2.75) is 0 Å². The summed E-state index contributed by atoms with van der Waals surface area (Å²) in [6.45, 7) is 0. The van der Waals surface area contributed by atoms with Gasteiger partial charge in [-0.2, -0.15) is 15.4 Å². The predicted molar refractivity (Wildman–Crippen MR) is 71.3 cm³/mol. The van der Waals surface area contributed by atoms with E-state index >= 15 is 0 Å². The average molecular weight is 348 g/mol. The van der Waals surface area contributed by atoms with Gasteiger partial charge in [0.15, 0.2) is 17.2 Å². The zero-order chi connectivity index (χ0) is 14.2. The van der Waals surface area contributed by atoms with E-state index in [2.05, 4.69) is 31.3 Å². The first-order valence-corrected chi connectivity index (χ1v) is 6.10. The van der Waals surface area contributed by atoms with E-state index in [9.17, 15) is 9.90 Å². The molecule has 0 atom stereocenters. The molecule has 0 bridgehead atoms. The molecular formula is C10H8BrClN4O3. The number of carbonyl (C=O) groups is 1. The SMILES string of the molecule is COc1cc(-c2n[nH]nc2C(N)=O)c(Br)c(Cl)c1O. The van der Waals surface area contributed by atoms with Crippen LogP contribution in [0.15, 0.2) is 10.5 Å². The number of hydrogen-bond donors (Lipinski definition) is 3. The number of phenols is 1. The maximum absolute atomic E-state index is 11.2. The van der Waals surface area contributed by atoms with E-state index in [1.807, 2.05) is 0 Å². The molecule has 0 aliphatic carbocycles. The summed E-state index contributed by atoms with van der Waals surface area (Å²) < 4.78 is 5.34. The summed E-state index contributed by atoms with van der Waals surface area (Å²) in [7, 11) is 1.38. The molecule has 1 heterocycles. The zero-order valence-electron chi connectivity index (χ0n) is 9.57. The Kier molecular flexibility index (Phi) is 3.63. The molecule has 9 heteroatoms. The second-order valence-corrected chi connectivity index (χ2v) is 4.66. The molecule has 0 radical (unpaired) electrons. The molecule has 19 heavy (non-hydrogen) atoms. The van der Waals surface area contributed by atoms with Gasteiger partial charge in [0, 0.05) is 10.0 Å². The van der Waals surface area contributed by atoms with Gasteiger partial charge in [-0.1, -0.05) is 11.6 Å². The standard InChI is InChI=1S/C10H8BrClN4O3/c1-19-4-2-3(5(11)6(12)9(4)17)7-8(10(13)18)15-16-14-7/h2,17H,1H3,(H2,13,18)(H,14,15,16). The number of halogens is 2. The molecule has 2 rings (SSSR count). The fourth-order valence-electron chi connectivity index (χ4n) is 1.51. The third kappa shape index (κ3) is 2.24. The highest BCUT2D eigenvalue weighted by atomic mass is 79.9. The number of nitrogens with zero attached hydrogens (tertiary/aromatic N) is 2. The number of aromatic hydroxyl groups is 1. The molecule has 0 unspecified atom stereocenters. The molecule has 0 spiro atoms. The number of nitrogens with two attached hydrogens (primary N) is 1. The van der Waals surface area contributed by atoms with E-state index in [1.54, 1.807) is 0 Å². The van der Waals surface area contributed by atoms with E-state index in [0.717, 1.165) is 0 Å². The van der Waals surface area contributed by atoms with Crippen LogP contribution in [0.25, 0.3) is 11.3 Å². The smallest absolute Gasteiger partial charge is 0.271 e. The molecule has 1 aromatic heterocycles. The van der Waals surface area contributed by atoms with Crippen LogP contribution in [-0.4, -0.2) is 33.5 Å². The molecule has 0 aliphatic rings. The lowest BCUT2D eigenvalue weighted by Gasteiger charge is -2.10. The summed E-state index contributed by atoms with van der Waals surface area (Å²) in [6, 6.07) is 1.47. The molecule has 0 aliphatic heterocycles. The lowest BCUT2D eigenvalue weighted by atomic mass is 10.1. The summed E-state index contributed by atoms with van der Waals surface area (Å²) >= 11 is 9.18. The Morgan fingerprint density at radius 3 is 2.84 bits per heavy atom. The van der Waals surface area contributed by atoms with E-state index in [-0.39, 0.29) is 27.9 Å². The summed E-state index contributed by atoms with van der Waals surface area (Å²) in [6.07, 6.45) is 0. The second-order valence-electron chi connectivity index (χ2n) is 3.49. The molecule has 4 N–H and O–H groups in total.